The first-order valence-electron chi connectivity index (χ1n) is 5.75. The van der Waals surface area contributed by atoms with Gasteiger partial charge in [0.15, 0.2) is 14.4 Å². The maximum atomic E-state index is 13.0. The van der Waals surface area contributed by atoms with Gasteiger partial charge < -0.3 is 14.6 Å². The van der Waals surface area contributed by atoms with E-state index in [1.807, 2.05) is 33.9 Å². The second-order valence-electron chi connectivity index (χ2n) is 5.67. The van der Waals surface area contributed by atoms with Gasteiger partial charge in [-0.1, -0.05) is 26.7 Å². The third-order valence-electron chi connectivity index (χ3n) is 3.16. The van der Waals surface area contributed by atoms with Crippen LogP contribution >= 0.6 is 0 Å². The third-order valence-corrected chi connectivity index (χ3v) is 7.64. The summed E-state index contributed by atoms with van der Waals surface area (Å²) in [5, 5.41) is 17.3. The highest BCUT2D eigenvalue weighted by Gasteiger charge is 2.37. The number of hydrogen-bond donors (Lipinski definition) is 2. The van der Waals surface area contributed by atoms with E-state index in [4.69, 9.17) is 14.6 Å². The van der Waals surface area contributed by atoms with E-state index >= 15 is 0 Å². The van der Waals surface area contributed by atoms with Gasteiger partial charge in [0.1, 0.15) is 0 Å². The van der Waals surface area contributed by atoms with Crippen LogP contribution in [-0.4, -0.2) is 43.8 Å². The van der Waals surface area contributed by atoms with Crippen molar-refractivity contribution in [1.29, 1.82) is 0 Å². The van der Waals surface area contributed by atoms with Crippen LogP contribution in [0, 0.1) is 11.8 Å². The van der Waals surface area contributed by atoms with Crippen molar-refractivity contribution in [3.8, 4) is 11.8 Å². The molecule has 6 heteroatoms. The monoisotopic (exact) mass is 280 g/mol. The average molecular weight is 280 g/mol. The van der Waals surface area contributed by atoms with E-state index in [9.17, 15) is 8.78 Å². The zero-order valence-electron chi connectivity index (χ0n) is 11.6. The Kier molecular flexibility index (Phi) is 5.94. The fourth-order valence-corrected chi connectivity index (χ4v) is 1.65. The van der Waals surface area contributed by atoms with E-state index in [0.717, 1.165) is 0 Å². The molecule has 0 aliphatic carbocycles. The van der Waals surface area contributed by atoms with Crippen LogP contribution in [0.2, 0.25) is 18.1 Å². The predicted molar refractivity (Wildman–Crippen MR) is 69.0 cm³/mol. The average Bonchev–Trinajstić information content (AvgIpc) is 2.21. The van der Waals surface area contributed by atoms with E-state index in [1.165, 1.54) is 0 Å². The van der Waals surface area contributed by atoms with Crippen LogP contribution in [0.15, 0.2) is 0 Å². The summed E-state index contributed by atoms with van der Waals surface area (Å²) in [7, 11) is -2.00. The molecule has 0 saturated heterocycles. The van der Waals surface area contributed by atoms with Crippen molar-refractivity contribution < 1.29 is 23.4 Å². The molecule has 0 aromatic heterocycles. The number of aliphatic hydroxyl groups excluding tert-OH is 2. The van der Waals surface area contributed by atoms with Crippen LogP contribution in [0.3, 0.4) is 0 Å². The molecule has 0 aromatic carbocycles. The Morgan fingerprint density at radius 2 is 1.78 bits per heavy atom. The number of aliphatic hydroxyl groups is 2. The van der Waals surface area contributed by atoms with Crippen molar-refractivity contribution in [3.63, 3.8) is 0 Å². The largest absolute Gasteiger partial charge is 0.406 e. The normalized spacial score (nSPS) is 14.9. The molecule has 0 bridgehead atoms. The van der Waals surface area contributed by atoms with Crippen molar-refractivity contribution in [2.75, 3.05) is 13.2 Å². The van der Waals surface area contributed by atoms with Gasteiger partial charge in [0, 0.05) is 0 Å². The second-order valence-corrected chi connectivity index (χ2v) is 10.5. The molecule has 0 aliphatic rings. The maximum Gasteiger partial charge on any atom is 0.335 e. The first-order chi connectivity index (χ1) is 7.94. The summed E-state index contributed by atoms with van der Waals surface area (Å²) < 4.78 is 31.7. The van der Waals surface area contributed by atoms with Crippen LogP contribution in [0.5, 0.6) is 0 Å². The Labute approximate surface area is 108 Å². The summed E-state index contributed by atoms with van der Waals surface area (Å²) in [5.74, 6) is 0.242. The molecule has 1 atom stereocenters. The van der Waals surface area contributed by atoms with Gasteiger partial charge >= 0.3 is 5.92 Å². The number of hydrogen-bond acceptors (Lipinski definition) is 3. The van der Waals surface area contributed by atoms with Gasteiger partial charge in [-0.15, -0.1) is 0 Å². The van der Waals surface area contributed by atoms with Gasteiger partial charge in [0.2, 0.25) is 0 Å². The second kappa shape index (κ2) is 6.11. The first kappa shape index (κ1) is 17.5. The van der Waals surface area contributed by atoms with E-state index in [-0.39, 0.29) is 11.6 Å². The molecule has 0 saturated carbocycles. The molecule has 0 rings (SSSR count). The smallest absolute Gasteiger partial charge is 0.335 e. The minimum absolute atomic E-state index is 0.0121. The Balaban J connectivity index is 4.46. The summed E-state index contributed by atoms with van der Waals surface area (Å²) in [4.78, 5) is 0. The standard InChI is InChI=1S/C12H22F2O3Si/c1-11(2,3)18(4,5)17-8-6-7-12(13,14)10(16)9-15/h10,15-16H,8-9H2,1-5H3/t10-/m1/s1. The molecular formula is C12H22F2O3Si. The Hall–Kier alpha value is -0.483. The summed E-state index contributed by atoms with van der Waals surface area (Å²) in [6.45, 7) is 8.99. The summed E-state index contributed by atoms with van der Waals surface area (Å²) in [5.41, 5.74) is 0. The molecule has 18 heavy (non-hydrogen) atoms. The topological polar surface area (TPSA) is 49.7 Å². The van der Waals surface area contributed by atoms with Crippen LogP contribution in [0.25, 0.3) is 0 Å². The Bertz CT molecular complexity index is 326. The van der Waals surface area contributed by atoms with E-state index in [0.29, 0.717) is 0 Å². The molecule has 0 radical (unpaired) electrons. The summed E-state index contributed by atoms with van der Waals surface area (Å²) in [6.07, 6.45) is -2.15. The minimum atomic E-state index is -3.61. The van der Waals surface area contributed by atoms with Crippen molar-refractivity contribution in [3.05, 3.63) is 0 Å². The molecule has 0 spiro atoms. The van der Waals surface area contributed by atoms with Gasteiger partial charge in [-0.25, -0.2) is 0 Å². The van der Waals surface area contributed by atoms with Crippen molar-refractivity contribution in [2.24, 2.45) is 0 Å². The lowest BCUT2D eigenvalue weighted by Gasteiger charge is -2.35. The zero-order valence-corrected chi connectivity index (χ0v) is 12.6. The van der Waals surface area contributed by atoms with Crippen LogP contribution in [-0.2, 0) is 4.43 Å². The quantitative estimate of drug-likeness (QED) is 0.612. The molecule has 0 aliphatic heterocycles. The molecule has 0 fully saturated rings. The van der Waals surface area contributed by atoms with Gasteiger partial charge in [-0.2, -0.15) is 8.78 Å². The molecule has 0 amide bonds. The lowest BCUT2D eigenvalue weighted by Crippen LogP contribution is -2.41. The zero-order chi connectivity index (χ0) is 14.6. The highest BCUT2D eigenvalue weighted by molar-refractivity contribution is 6.74. The Morgan fingerprint density at radius 3 is 2.17 bits per heavy atom. The lowest BCUT2D eigenvalue weighted by atomic mass is 10.2. The van der Waals surface area contributed by atoms with E-state index in [1.54, 1.807) is 5.92 Å². The number of alkyl halides is 2. The molecule has 0 heterocycles. The summed E-state index contributed by atoms with van der Waals surface area (Å²) >= 11 is 0. The first-order valence-corrected chi connectivity index (χ1v) is 8.65. The summed E-state index contributed by atoms with van der Waals surface area (Å²) in [6, 6.07) is 0. The molecule has 106 valence electrons. The Morgan fingerprint density at radius 1 is 1.28 bits per heavy atom. The third kappa shape index (κ3) is 5.02. The maximum absolute atomic E-state index is 13.0. The fraction of sp³-hybridized carbons (Fsp3) is 0.833. The van der Waals surface area contributed by atoms with Crippen molar-refractivity contribution in [2.45, 2.75) is 50.9 Å². The molecule has 0 aromatic rings. The predicted octanol–water partition coefficient (Wildman–Crippen LogP) is 2.00. The van der Waals surface area contributed by atoms with Gasteiger partial charge in [0.25, 0.3) is 0 Å². The van der Waals surface area contributed by atoms with E-state index < -0.39 is 27.0 Å². The molecular weight excluding hydrogens is 258 g/mol. The van der Waals surface area contributed by atoms with Crippen molar-refractivity contribution in [1.82, 2.24) is 0 Å². The van der Waals surface area contributed by atoms with Gasteiger partial charge in [-0.3, -0.25) is 0 Å². The highest BCUT2D eigenvalue weighted by Crippen LogP contribution is 2.36. The number of halogens is 2. The van der Waals surface area contributed by atoms with Crippen LogP contribution in [0.4, 0.5) is 8.78 Å². The lowest BCUT2D eigenvalue weighted by molar-refractivity contribution is -0.0831. The van der Waals surface area contributed by atoms with Gasteiger partial charge in [-0.05, 0) is 24.1 Å². The number of rotatable bonds is 4. The SMILES string of the molecule is CC(C)(C)[Si](C)(C)OCC#CC(F)(F)[C@H](O)CO. The molecule has 3 nitrogen and oxygen atoms in total. The molecule has 2 N–H and O–H groups in total. The minimum Gasteiger partial charge on any atom is -0.406 e. The van der Waals surface area contributed by atoms with Crippen LogP contribution < -0.4 is 0 Å². The highest BCUT2D eigenvalue weighted by atomic mass is 28.4. The van der Waals surface area contributed by atoms with Crippen molar-refractivity contribution >= 4 is 8.32 Å². The van der Waals surface area contributed by atoms with E-state index in [2.05, 4.69) is 5.92 Å². The fourth-order valence-electron chi connectivity index (χ4n) is 0.785. The van der Waals surface area contributed by atoms with Crippen LogP contribution in [0.1, 0.15) is 20.8 Å². The molecule has 0 unspecified atom stereocenters. The van der Waals surface area contributed by atoms with Gasteiger partial charge in [0.05, 0.1) is 13.2 Å².